The lowest BCUT2D eigenvalue weighted by Crippen LogP contribution is -2.49. The molecule has 12 heteroatoms. The van der Waals surface area contributed by atoms with Crippen molar-refractivity contribution in [3.63, 3.8) is 0 Å². The molecule has 0 radical (unpaired) electrons. The van der Waals surface area contributed by atoms with Crippen LogP contribution in [0.15, 0.2) is 41.2 Å². The van der Waals surface area contributed by atoms with Crippen molar-refractivity contribution >= 4 is 51.5 Å². The first-order valence-electron chi connectivity index (χ1n) is 13.3. The lowest BCUT2D eigenvalue weighted by atomic mass is 10.1. The maximum absolute atomic E-state index is 14.9. The molecule has 2 aromatic heterocycles. The molecule has 1 aliphatic heterocycles. The number of carbonyl (C=O) groups excluding carboxylic acids is 1. The number of aromatic carboxylic acids is 1. The van der Waals surface area contributed by atoms with E-state index in [4.69, 9.17) is 21.3 Å². The third kappa shape index (κ3) is 5.46. The molecule has 5 rings (SSSR count). The highest BCUT2D eigenvalue weighted by atomic mass is 35.5. The van der Waals surface area contributed by atoms with Crippen LogP contribution in [0.5, 0.6) is 0 Å². The molecule has 1 aliphatic rings. The van der Waals surface area contributed by atoms with Gasteiger partial charge >= 0.3 is 12.1 Å². The Bertz CT molecular complexity index is 1740. The minimum absolute atomic E-state index is 0.0363. The second kappa shape index (κ2) is 10.7. The van der Waals surface area contributed by atoms with Crippen LogP contribution in [-0.2, 0) is 18.3 Å². The molecule has 0 bridgehead atoms. The zero-order chi connectivity index (χ0) is 29.6. The maximum atomic E-state index is 14.9. The normalized spacial score (nSPS) is 15.9. The van der Waals surface area contributed by atoms with Gasteiger partial charge in [0.2, 0.25) is 5.95 Å². The van der Waals surface area contributed by atoms with Gasteiger partial charge in [0.05, 0.1) is 12.1 Å². The number of alkyl carbamates (subject to hydrolysis) is 1. The Morgan fingerprint density at radius 1 is 1.22 bits per heavy atom. The van der Waals surface area contributed by atoms with E-state index < -0.39 is 34.6 Å². The van der Waals surface area contributed by atoms with Gasteiger partial charge in [0.1, 0.15) is 28.0 Å². The van der Waals surface area contributed by atoms with E-state index in [2.05, 4.69) is 5.32 Å². The average molecular weight is 584 g/mol. The number of amides is 1. The van der Waals surface area contributed by atoms with Gasteiger partial charge in [-0.15, -0.1) is 0 Å². The van der Waals surface area contributed by atoms with Crippen LogP contribution >= 0.6 is 11.6 Å². The van der Waals surface area contributed by atoms with Gasteiger partial charge in [0, 0.05) is 36.6 Å². The highest BCUT2D eigenvalue weighted by molar-refractivity contribution is 6.31. The van der Waals surface area contributed by atoms with E-state index in [0.717, 1.165) is 11.6 Å². The Balaban J connectivity index is 1.70. The third-order valence-electron chi connectivity index (χ3n) is 7.11. The second-order valence-corrected chi connectivity index (χ2v) is 11.6. The van der Waals surface area contributed by atoms with Gasteiger partial charge in [-0.2, -0.15) is 0 Å². The first-order valence-corrected chi connectivity index (χ1v) is 13.7. The third-order valence-corrected chi connectivity index (χ3v) is 7.48. The lowest BCUT2D eigenvalue weighted by molar-refractivity contribution is 0.0499. The molecular formula is C29H31ClFN5O5. The predicted octanol–water partition coefficient (Wildman–Crippen LogP) is 4.92. The highest BCUT2D eigenvalue weighted by Crippen LogP contribution is 2.33. The van der Waals surface area contributed by atoms with Gasteiger partial charge in [-0.25, -0.2) is 19.0 Å². The number of nitrogens with zero attached hydrogens (tertiary/aromatic N) is 4. The minimum Gasteiger partial charge on any atom is -0.478 e. The van der Waals surface area contributed by atoms with Gasteiger partial charge < -0.3 is 29.2 Å². The monoisotopic (exact) mass is 583 g/mol. The summed E-state index contributed by atoms with van der Waals surface area (Å²) < 4.78 is 23.3. The van der Waals surface area contributed by atoms with Gasteiger partial charge in [-0.05, 0) is 57.4 Å². The highest BCUT2D eigenvalue weighted by Gasteiger charge is 2.30. The summed E-state index contributed by atoms with van der Waals surface area (Å²) in [6.45, 7) is 6.45. The summed E-state index contributed by atoms with van der Waals surface area (Å²) in [5.41, 5.74) is -0.440. The minimum atomic E-state index is -1.46. The second-order valence-electron chi connectivity index (χ2n) is 11.2. The summed E-state index contributed by atoms with van der Waals surface area (Å²) in [5.74, 6) is -2.00. The van der Waals surface area contributed by atoms with Crippen LogP contribution in [0.1, 0.15) is 49.5 Å². The number of aryl methyl sites for hydroxylation is 1. The van der Waals surface area contributed by atoms with Crippen molar-refractivity contribution in [2.45, 2.75) is 51.8 Å². The molecule has 2 aromatic carbocycles. The van der Waals surface area contributed by atoms with Crippen LogP contribution in [0.2, 0.25) is 5.02 Å². The number of rotatable bonds is 5. The van der Waals surface area contributed by atoms with Gasteiger partial charge in [-0.3, -0.25) is 4.79 Å². The molecule has 4 aromatic rings. The Kier molecular flexibility index (Phi) is 7.41. The number of hydrogen-bond acceptors (Lipinski definition) is 6. The molecule has 41 heavy (non-hydrogen) atoms. The number of nitrogens with one attached hydrogen (secondary N) is 1. The first-order chi connectivity index (χ1) is 19.4. The molecule has 0 spiro atoms. The Morgan fingerprint density at radius 2 is 1.95 bits per heavy atom. The fourth-order valence-corrected chi connectivity index (χ4v) is 5.53. The van der Waals surface area contributed by atoms with E-state index in [1.165, 1.54) is 17.7 Å². The molecule has 0 unspecified atom stereocenters. The van der Waals surface area contributed by atoms with E-state index >= 15 is 0 Å². The number of aromatic nitrogens is 3. The molecular weight excluding hydrogens is 553 g/mol. The molecule has 3 heterocycles. The first kappa shape index (κ1) is 28.4. The van der Waals surface area contributed by atoms with E-state index in [9.17, 15) is 23.9 Å². The number of hydrogen-bond donors (Lipinski definition) is 2. The number of anilines is 1. The topological polar surface area (TPSA) is 119 Å². The Labute approximate surface area is 240 Å². The summed E-state index contributed by atoms with van der Waals surface area (Å²) in [6, 6.07) is 9.34. The molecule has 10 nitrogen and oxygen atoms in total. The van der Waals surface area contributed by atoms with Crippen LogP contribution < -0.4 is 15.8 Å². The van der Waals surface area contributed by atoms with Crippen LogP contribution in [0, 0.1) is 5.82 Å². The van der Waals surface area contributed by atoms with Crippen molar-refractivity contribution in [2.75, 3.05) is 18.0 Å². The number of carbonyl (C=O) groups is 2. The van der Waals surface area contributed by atoms with Crippen LogP contribution in [-0.4, -0.2) is 56.0 Å². The summed E-state index contributed by atoms with van der Waals surface area (Å²) in [5, 5.41) is 13.4. The molecule has 1 saturated heterocycles. The summed E-state index contributed by atoms with van der Waals surface area (Å²) >= 11 is 6.50. The van der Waals surface area contributed by atoms with E-state index in [-0.39, 0.29) is 34.5 Å². The Hall–Kier alpha value is -4.12. The zero-order valence-electron chi connectivity index (χ0n) is 23.2. The summed E-state index contributed by atoms with van der Waals surface area (Å²) in [7, 11) is 1.52. The molecule has 1 amide bonds. The van der Waals surface area contributed by atoms with Crippen molar-refractivity contribution in [1.29, 1.82) is 0 Å². The zero-order valence-corrected chi connectivity index (χ0v) is 24.0. The molecule has 1 fully saturated rings. The van der Waals surface area contributed by atoms with Gasteiger partial charge in [0.15, 0.2) is 0 Å². The number of ether oxygens (including phenoxy) is 1. The molecule has 0 saturated carbocycles. The number of imidazole rings is 1. The van der Waals surface area contributed by atoms with Crippen molar-refractivity contribution in [2.24, 2.45) is 7.05 Å². The summed E-state index contributed by atoms with van der Waals surface area (Å²) in [4.78, 5) is 45.2. The van der Waals surface area contributed by atoms with E-state index in [1.807, 2.05) is 17.0 Å². The number of pyridine rings is 1. The fourth-order valence-electron chi connectivity index (χ4n) is 5.33. The molecule has 0 aliphatic carbocycles. The number of fused-ring (bicyclic) bond motifs is 3. The van der Waals surface area contributed by atoms with Crippen LogP contribution in [0.25, 0.3) is 21.9 Å². The van der Waals surface area contributed by atoms with Gasteiger partial charge in [-0.1, -0.05) is 29.8 Å². The van der Waals surface area contributed by atoms with Crippen LogP contribution in [0.4, 0.5) is 15.1 Å². The number of carboxylic acid groups (broad SMARTS) is 1. The lowest BCUT2D eigenvalue weighted by Gasteiger charge is -2.34. The number of piperidine rings is 1. The van der Waals surface area contributed by atoms with Gasteiger partial charge in [0.25, 0.3) is 5.56 Å². The molecule has 1 atom stereocenters. The molecule has 216 valence electrons. The Morgan fingerprint density at radius 3 is 2.63 bits per heavy atom. The van der Waals surface area contributed by atoms with Crippen molar-refractivity contribution < 1.29 is 23.8 Å². The van der Waals surface area contributed by atoms with Crippen molar-refractivity contribution in [3.05, 3.63) is 68.7 Å². The van der Waals surface area contributed by atoms with Crippen LogP contribution in [0.3, 0.4) is 0 Å². The fraction of sp³-hybridized carbons (Fsp3) is 0.379. The predicted molar refractivity (Wildman–Crippen MR) is 155 cm³/mol. The van der Waals surface area contributed by atoms with Crippen molar-refractivity contribution in [3.8, 4) is 0 Å². The molecule has 2 N–H and O–H groups in total. The van der Waals surface area contributed by atoms with E-state index in [0.29, 0.717) is 36.9 Å². The van der Waals surface area contributed by atoms with E-state index in [1.54, 1.807) is 37.5 Å². The SMILES string of the molecule is Cn1c(=O)c2c(nc(N3CCC[C@@H](NC(=O)OC(C)(C)C)C3)n2Cc2ccccc2Cl)c2c(C(=O)O)c(F)ccc21. The number of carboxylic acids is 1. The number of benzene rings is 2. The smallest absolute Gasteiger partial charge is 0.407 e. The quantitative estimate of drug-likeness (QED) is 0.342. The average Bonchev–Trinajstić information content (AvgIpc) is 3.26. The number of halogens is 2. The summed E-state index contributed by atoms with van der Waals surface area (Å²) in [6.07, 6.45) is 0.888. The van der Waals surface area contributed by atoms with Crippen molar-refractivity contribution in [1.82, 2.24) is 19.4 Å². The maximum Gasteiger partial charge on any atom is 0.407 e. The largest absolute Gasteiger partial charge is 0.478 e. The standard InChI is InChI=1S/C29H31ClFN5O5/c1-29(2,3)41-28(40)32-17-9-7-13-35(15-17)27-33-23-22-20(12-11-19(31)21(22)26(38)39)34(4)25(37)24(23)36(27)14-16-8-5-6-10-18(16)30/h5-6,8,10-12,17H,7,9,13-15H2,1-4H3,(H,32,40)(H,38,39)/t17-/m1/s1.